The molecular formula is C35H32N4O2. The van der Waals surface area contributed by atoms with Crippen molar-refractivity contribution in [1.82, 2.24) is 9.80 Å². The van der Waals surface area contributed by atoms with E-state index in [2.05, 4.69) is 121 Å². The normalized spacial score (nSPS) is 18.9. The summed E-state index contributed by atoms with van der Waals surface area (Å²) in [4.78, 5) is 9.50. The Morgan fingerprint density at radius 3 is 1.44 bits per heavy atom. The summed E-state index contributed by atoms with van der Waals surface area (Å²) in [6.45, 7) is 9.64. The molecule has 0 amide bonds. The van der Waals surface area contributed by atoms with Gasteiger partial charge in [0.1, 0.15) is 34.7 Å². The van der Waals surface area contributed by atoms with E-state index in [0.29, 0.717) is 0 Å². The Morgan fingerprint density at radius 1 is 0.537 bits per heavy atom. The number of fused-ring (bicyclic) bond motifs is 6. The Hall–Kier alpha value is -4.84. The lowest BCUT2D eigenvalue weighted by Crippen LogP contribution is -2.45. The molecule has 0 saturated heterocycles. The molecule has 2 aliphatic heterocycles. The highest BCUT2D eigenvalue weighted by atomic mass is 16.3. The van der Waals surface area contributed by atoms with Crippen LogP contribution in [-0.4, -0.2) is 28.8 Å². The van der Waals surface area contributed by atoms with Gasteiger partial charge in [0.05, 0.1) is 6.67 Å². The molecule has 0 spiro atoms. The van der Waals surface area contributed by atoms with Gasteiger partial charge in [0.25, 0.3) is 0 Å². The average Bonchev–Trinajstić information content (AvgIpc) is 3.72. The van der Waals surface area contributed by atoms with Gasteiger partial charge in [-0.05, 0) is 75.2 Å². The second kappa shape index (κ2) is 8.83. The van der Waals surface area contributed by atoms with Gasteiger partial charge in [-0.15, -0.1) is 0 Å². The van der Waals surface area contributed by atoms with E-state index >= 15 is 0 Å². The van der Waals surface area contributed by atoms with Crippen LogP contribution >= 0.6 is 0 Å². The van der Waals surface area contributed by atoms with Crippen molar-refractivity contribution in [3.63, 3.8) is 0 Å². The Labute approximate surface area is 238 Å². The van der Waals surface area contributed by atoms with Crippen LogP contribution < -0.4 is 9.80 Å². The van der Waals surface area contributed by atoms with Crippen molar-refractivity contribution >= 4 is 55.3 Å². The quantitative estimate of drug-likeness (QED) is 0.223. The van der Waals surface area contributed by atoms with Gasteiger partial charge in [0.2, 0.25) is 0 Å². The third kappa shape index (κ3) is 3.63. The summed E-state index contributed by atoms with van der Waals surface area (Å²) < 4.78 is 12.2. The lowest BCUT2D eigenvalue weighted by Gasteiger charge is -2.36. The van der Waals surface area contributed by atoms with Crippen molar-refractivity contribution in [2.75, 3.05) is 16.5 Å². The number of para-hydroxylation sites is 2. The number of rotatable bonds is 4. The van der Waals surface area contributed by atoms with E-state index in [1.807, 2.05) is 24.3 Å². The van der Waals surface area contributed by atoms with E-state index < -0.39 is 0 Å². The minimum absolute atomic E-state index is 0.175. The van der Waals surface area contributed by atoms with E-state index in [1.165, 1.54) is 22.5 Å². The van der Waals surface area contributed by atoms with E-state index in [9.17, 15) is 0 Å². The Morgan fingerprint density at radius 2 is 0.976 bits per heavy atom. The zero-order valence-electron chi connectivity index (χ0n) is 23.7. The molecule has 4 heterocycles. The second-order valence-electron chi connectivity index (χ2n) is 11.3. The predicted octanol–water partition coefficient (Wildman–Crippen LogP) is 8.64. The average molecular weight is 541 g/mol. The molecule has 0 N–H and O–H groups in total. The van der Waals surface area contributed by atoms with Crippen molar-refractivity contribution in [2.45, 2.75) is 40.0 Å². The van der Waals surface area contributed by atoms with Crippen LogP contribution in [0.5, 0.6) is 0 Å². The number of benzene rings is 4. The van der Waals surface area contributed by atoms with Crippen molar-refractivity contribution in [1.29, 1.82) is 0 Å². The van der Waals surface area contributed by atoms with Crippen LogP contribution in [0.4, 0.5) is 11.4 Å². The van der Waals surface area contributed by atoms with Crippen molar-refractivity contribution in [3.05, 3.63) is 109 Å². The Bertz CT molecular complexity index is 1890. The highest BCUT2D eigenvalue weighted by Gasteiger charge is 2.30. The number of hydrogen-bond acceptors (Lipinski definition) is 6. The summed E-state index contributed by atoms with van der Waals surface area (Å²) in [7, 11) is 0. The summed E-state index contributed by atoms with van der Waals surface area (Å²) in [5, 5.41) is 4.63. The molecule has 0 saturated carbocycles. The summed E-state index contributed by atoms with van der Waals surface area (Å²) in [5.74, 6) is 0. The number of furan rings is 2. The van der Waals surface area contributed by atoms with E-state index in [-0.39, 0.29) is 12.3 Å². The third-order valence-corrected chi connectivity index (χ3v) is 8.88. The third-order valence-electron chi connectivity index (χ3n) is 8.88. The van der Waals surface area contributed by atoms with Crippen LogP contribution in [0, 0.1) is 13.8 Å². The van der Waals surface area contributed by atoms with Gasteiger partial charge in [0.15, 0.2) is 0 Å². The van der Waals surface area contributed by atoms with E-state index in [4.69, 9.17) is 8.83 Å². The van der Waals surface area contributed by atoms with Gasteiger partial charge in [-0.1, -0.05) is 36.4 Å². The molecule has 6 nitrogen and oxygen atoms in total. The standard InChI is InChI=1S/C35H32N4O2/c1-22-17-34-28(26-9-5-7-11-32(26)40-34)19-30(22)38-15-13-36(24(38)3)21-37-14-16-39(25(37)4)31-20-29-27-10-6-8-12-33(27)41-35(29)18-23(31)2/h5-20,24-25H,21H2,1-4H3/t24-,25+. The minimum atomic E-state index is 0.175. The molecule has 2 atom stereocenters. The number of hydrogen-bond donors (Lipinski definition) is 0. The number of nitrogens with zero attached hydrogens (tertiary/aromatic N) is 4. The molecule has 0 unspecified atom stereocenters. The molecule has 0 fully saturated rings. The topological polar surface area (TPSA) is 39.2 Å². The maximum atomic E-state index is 6.12. The first kappa shape index (κ1) is 24.0. The van der Waals surface area contributed by atoms with Crippen LogP contribution in [-0.2, 0) is 0 Å². The van der Waals surface area contributed by atoms with Crippen LogP contribution in [0.2, 0.25) is 0 Å². The van der Waals surface area contributed by atoms with Gasteiger partial charge in [-0.3, -0.25) is 0 Å². The van der Waals surface area contributed by atoms with E-state index in [1.54, 1.807) is 0 Å². The summed E-state index contributed by atoms with van der Waals surface area (Å²) >= 11 is 0. The van der Waals surface area contributed by atoms with Crippen LogP contribution in [0.3, 0.4) is 0 Å². The molecule has 2 aliphatic rings. The van der Waals surface area contributed by atoms with Crippen LogP contribution in [0.15, 0.2) is 106 Å². The summed E-state index contributed by atoms with van der Waals surface area (Å²) in [5.41, 5.74) is 8.56. The first-order valence-electron chi connectivity index (χ1n) is 14.2. The fourth-order valence-electron chi connectivity index (χ4n) is 6.49. The smallest absolute Gasteiger partial charge is 0.135 e. The molecule has 204 valence electrons. The van der Waals surface area contributed by atoms with Crippen LogP contribution in [0.1, 0.15) is 25.0 Å². The molecule has 6 heteroatoms. The molecule has 41 heavy (non-hydrogen) atoms. The molecule has 0 aliphatic carbocycles. The van der Waals surface area contributed by atoms with Crippen molar-refractivity contribution < 1.29 is 8.83 Å². The number of anilines is 2. The molecule has 8 rings (SSSR count). The first-order chi connectivity index (χ1) is 20.0. The van der Waals surface area contributed by atoms with Gasteiger partial charge < -0.3 is 28.4 Å². The predicted molar refractivity (Wildman–Crippen MR) is 168 cm³/mol. The minimum Gasteiger partial charge on any atom is -0.456 e. The highest BCUT2D eigenvalue weighted by molar-refractivity contribution is 6.07. The Balaban J connectivity index is 1.04. The van der Waals surface area contributed by atoms with Crippen molar-refractivity contribution in [3.8, 4) is 0 Å². The van der Waals surface area contributed by atoms with Crippen LogP contribution in [0.25, 0.3) is 43.9 Å². The lowest BCUT2D eigenvalue weighted by atomic mass is 10.1. The first-order valence-corrected chi connectivity index (χ1v) is 14.2. The molecule has 6 aromatic rings. The monoisotopic (exact) mass is 540 g/mol. The zero-order valence-corrected chi connectivity index (χ0v) is 23.7. The molecule has 0 bridgehead atoms. The van der Waals surface area contributed by atoms with Crippen molar-refractivity contribution in [2.24, 2.45) is 0 Å². The van der Waals surface area contributed by atoms with E-state index in [0.717, 1.165) is 50.5 Å². The highest BCUT2D eigenvalue weighted by Crippen LogP contribution is 2.38. The fourth-order valence-corrected chi connectivity index (χ4v) is 6.49. The lowest BCUT2D eigenvalue weighted by molar-refractivity contribution is 0.176. The molecular weight excluding hydrogens is 508 g/mol. The zero-order chi connectivity index (χ0) is 27.8. The number of aryl methyl sites for hydroxylation is 2. The van der Waals surface area contributed by atoms with Gasteiger partial charge in [-0.2, -0.15) is 0 Å². The van der Waals surface area contributed by atoms with Gasteiger partial charge in [-0.25, -0.2) is 0 Å². The molecule has 4 aromatic carbocycles. The molecule has 2 aromatic heterocycles. The summed E-state index contributed by atoms with van der Waals surface area (Å²) in [6.07, 6.45) is 9.17. The maximum absolute atomic E-state index is 6.12. The maximum Gasteiger partial charge on any atom is 0.135 e. The largest absolute Gasteiger partial charge is 0.456 e. The SMILES string of the molecule is Cc1cc2oc3ccccc3c2cc1N1C=CN(CN2C=CN(c3cc4c(cc3C)oc3ccccc34)[C@H]2C)[C@H]1C. The summed E-state index contributed by atoms with van der Waals surface area (Å²) in [6, 6.07) is 25.4. The van der Waals surface area contributed by atoms with Gasteiger partial charge in [0, 0.05) is 57.7 Å². The second-order valence-corrected chi connectivity index (χ2v) is 11.3. The Kier molecular flexibility index (Phi) is 5.17. The fraction of sp³-hybridized carbons (Fsp3) is 0.200. The van der Waals surface area contributed by atoms with Gasteiger partial charge >= 0.3 is 0 Å². The molecule has 0 radical (unpaired) electrons.